The number of aromatic nitrogens is 1. The fourth-order valence-electron chi connectivity index (χ4n) is 5.35. The Bertz CT molecular complexity index is 2060. The summed E-state index contributed by atoms with van der Waals surface area (Å²) in [5.41, 5.74) is 7.29. The average molecular weight is 600 g/mol. The number of nitrogens with zero attached hydrogens (tertiary/aromatic N) is 2. The van der Waals surface area contributed by atoms with Gasteiger partial charge in [0.05, 0.1) is 10.2 Å². The molecule has 0 saturated carbocycles. The van der Waals surface area contributed by atoms with Crippen LogP contribution in [0.4, 0.5) is 5.69 Å². The number of nitrogens with one attached hydrogen (secondary N) is 1. The fourth-order valence-corrected chi connectivity index (χ4v) is 6.43. The van der Waals surface area contributed by atoms with Gasteiger partial charge in [-0.05, 0) is 86.2 Å². The monoisotopic (exact) mass is 599 g/mol. The first-order valence-electron chi connectivity index (χ1n) is 14.3. The lowest BCUT2D eigenvalue weighted by Crippen LogP contribution is -2.33. The van der Waals surface area contributed by atoms with E-state index in [1.54, 1.807) is 6.08 Å². The summed E-state index contributed by atoms with van der Waals surface area (Å²) >= 11 is 1.13. The molecule has 0 radical (unpaired) electrons. The van der Waals surface area contributed by atoms with E-state index in [0.717, 1.165) is 50.3 Å². The summed E-state index contributed by atoms with van der Waals surface area (Å²) in [7, 11) is 0. The topological polar surface area (TPSA) is 84.1 Å². The zero-order chi connectivity index (χ0) is 31.4. The predicted octanol–water partition coefficient (Wildman–Crippen LogP) is 6.16. The summed E-state index contributed by atoms with van der Waals surface area (Å²) in [5.74, 6) is 0.105. The quantitative estimate of drug-likeness (QED) is 0.243. The molecule has 0 aliphatic carbocycles. The number of carbonyl (C=O) groups is 1. The highest BCUT2D eigenvalue weighted by atomic mass is 32.1. The minimum atomic E-state index is -0.563. The molecule has 0 atom stereocenters. The molecule has 0 saturated heterocycles. The van der Waals surface area contributed by atoms with E-state index >= 15 is 0 Å². The average Bonchev–Trinajstić information content (AvgIpc) is 3.29. The molecule has 220 valence electrons. The van der Waals surface area contributed by atoms with E-state index in [-0.39, 0.29) is 15.8 Å². The molecule has 4 aromatic carbocycles. The second-order valence-corrected chi connectivity index (χ2v) is 11.9. The molecule has 5 rings (SSSR count). The smallest absolute Gasteiger partial charge is 0.273 e. The molecule has 0 aliphatic rings. The first-order valence-corrected chi connectivity index (χ1v) is 15.1. The molecule has 1 aromatic heterocycles. The van der Waals surface area contributed by atoms with Crippen LogP contribution in [0, 0.1) is 45.9 Å². The van der Waals surface area contributed by atoms with Gasteiger partial charge in [-0.2, -0.15) is 5.26 Å². The van der Waals surface area contributed by atoms with Gasteiger partial charge >= 0.3 is 0 Å². The summed E-state index contributed by atoms with van der Waals surface area (Å²) in [6.45, 7) is 10.1. The van der Waals surface area contributed by atoms with E-state index in [0.29, 0.717) is 28.3 Å². The van der Waals surface area contributed by atoms with Crippen LogP contribution in [0.1, 0.15) is 38.9 Å². The number of ether oxygens (including phenoxy) is 1. The highest BCUT2D eigenvalue weighted by Gasteiger charge is 2.20. The lowest BCUT2D eigenvalue weighted by molar-refractivity contribution is -0.111. The Kier molecular flexibility index (Phi) is 8.94. The number of anilines is 1. The van der Waals surface area contributed by atoms with E-state index < -0.39 is 5.91 Å². The van der Waals surface area contributed by atoms with Crippen molar-refractivity contribution in [1.29, 1.82) is 5.26 Å². The van der Waals surface area contributed by atoms with Gasteiger partial charge < -0.3 is 10.1 Å². The molecule has 0 aliphatic heterocycles. The van der Waals surface area contributed by atoms with Gasteiger partial charge in [0.1, 0.15) is 23.1 Å². The molecule has 1 amide bonds. The van der Waals surface area contributed by atoms with Crippen LogP contribution in [0.2, 0.25) is 0 Å². The minimum Gasteiger partial charge on any atom is -0.489 e. The summed E-state index contributed by atoms with van der Waals surface area (Å²) in [4.78, 5) is 27.8. The number of carbonyl (C=O) groups excluding carboxylic acids is 1. The Morgan fingerprint density at radius 1 is 0.886 bits per heavy atom. The number of rotatable bonds is 7. The van der Waals surface area contributed by atoms with E-state index in [9.17, 15) is 14.9 Å². The fraction of sp³-hybridized carbons (Fsp3) is 0.162. The number of hydrogen-bond acceptors (Lipinski definition) is 5. The van der Waals surface area contributed by atoms with Gasteiger partial charge in [-0.1, -0.05) is 78.4 Å². The lowest BCUT2D eigenvalue weighted by atomic mass is 10.0. The standard InChI is InChI=1S/C37H33N3O3S/c1-23-17-26(4)33(27(5)18-23)39-35(41)31(21-38)37-40(34-24(2)11-9-12-25(34)3)36(42)32(44-37)20-29-15-10-16-30(19-29)43-22-28-13-7-6-8-14-28/h6-20H,22H2,1-5H3,(H,39,41)/b32-20-,37-31-. The third kappa shape index (κ3) is 6.41. The van der Waals surface area contributed by atoms with Gasteiger partial charge in [0.2, 0.25) is 0 Å². The van der Waals surface area contributed by atoms with Crippen molar-refractivity contribution in [2.24, 2.45) is 0 Å². The first kappa shape index (κ1) is 30.3. The number of benzene rings is 4. The highest BCUT2D eigenvalue weighted by molar-refractivity contribution is 7.07. The minimum absolute atomic E-state index is 0.131. The summed E-state index contributed by atoms with van der Waals surface area (Å²) in [5, 5.41) is 13.3. The molecule has 0 fully saturated rings. The molecule has 1 heterocycles. The van der Waals surface area contributed by atoms with Crippen molar-refractivity contribution in [1.82, 2.24) is 4.57 Å². The second-order valence-electron chi connectivity index (χ2n) is 10.9. The van der Waals surface area contributed by atoms with Crippen molar-refractivity contribution in [3.63, 3.8) is 0 Å². The van der Waals surface area contributed by atoms with Crippen molar-refractivity contribution in [3.8, 4) is 17.5 Å². The number of para-hydroxylation sites is 1. The molecular weight excluding hydrogens is 566 g/mol. The first-order chi connectivity index (χ1) is 21.2. The lowest BCUT2D eigenvalue weighted by Gasteiger charge is -2.13. The van der Waals surface area contributed by atoms with Crippen molar-refractivity contribution in [2.75, 3.05) is 5.32 Å². The summed E-state index contributed by atoms with van der Waals surface area (Å²) in [6.07, 6.45) is 1.77. The van der Waals surface area contributed by atoms with Crippen LogP contribution in [-0.2, 0) is 11.4 Å². The van der Waals surface area contributed by atoms with Gasteiger partial charge in [-0.25, -0.2) is 0 Å². The number of nitriles is 1. The second kappa shape index (κ2) is 13.0. The largest absolute Gasteiger partial charge is 0.489 e. The van der Waals surface area contributed by atoms with Gasteiger partial charge in [0.25, 0.3) is 11.5 Å². The Hall–Kier alpha value is -5.19. The maximum atomic E-state index is 14.1. The van der Waals surface area contributed by atoms with Crippen LogP contribution in [0.15, 0.2) is 89.7 Å². The molecule has 6 nitrogen and oxygen atoms in total. The zero-order valence-electron chi connectivity index (χ0n) is 25.4. The molecule has 0 spiro atoms. The third-order valence-electron chi connectivity index (χ3n) is 7.36. The van der Waals surface area contributed by atoms with Gasteiger partial charge in [0.15, 0.2) is 5.57 Å². The number of aryl methyl sites for hydroxylation is 5. The third-order valence-corrected chi connectivity index (χ3v) is 8.45. The van der Waals surface area contributed by atoms with Crippen LogP contribution >= 0.6 is 11.3 Å². The predicted molar refractivity (Wildman–Crippen MR) is 178 cm³/mol. The Morgan fingerprint density at radius 2 is 1.55 bits per heavy atom. The van der Waals surface area contributed by atoms with Crippen LogP contribution in [0.3, 0.4) is 0 Å². The Labute approximate surface area is 260 Å². The maximum Gasteiger partial charge on any atom is 0.273 e. The molecular formula is C37H33N3O3S. The normalized spacial score (nSPS) is 12.0. The van der Waals surface area contributed by atoms with Crippen LogP contribution in [-0.4, -0.2) is 10.5 Å². The Morgan fingerprint density at radius 3 is 2.20 bits per heavy atom. The van der Waals surface area contributed by atoms with Gasteiger partial charge in [-0.15, -0.1) is 11.3 Å². The molecule has 0 unspecified atom stereocenters. The van der Waals surface area contributed by atoms with Gasteiger partial charge in [-0.3, -0.25) is 14.2 Å². The zero-order valence-corrected chi connectivity index (χ0v) is 26.2. The van der Waals surface area contributed by atoms with Gasteiger partial charge in [0, 0.05) is 5.69 Å². The van der Waals surface area contributed by atoms with Crippen molar-refractivity contribution < 1.29 is 9.53 Å². The SMILES string of the molecule is Cc1cc(C)c(NC(=O)/C(C#N)=c2\s/c(=C\c3cccc(OCc4ccccc4)c3)c(=O)n2-c2c(C)cccc2C)c(C)c1. The highest BCUT2D eigenvalue weighted by Crippen LogP contribution is 2.23. The number of thiazole rings is 1. The van der Waals surface area contributed by atoms with Crippen LogP contribution in [0.25, 0.3) is 17.3 Å². The van der Waals surface area contributed by atoms with Crippen LogP contribution in [0.5, 0.6) is 5.75 Å². The summed E-state index contributed by atoms with van der Waals surface area (Å²) < 4.78 is 8.17. The van der Waals surface area contributed by atoms with Crippen molar-refractivity contribution in [2.45, 2.75) is 41.2 Å². The molecule has 5 aromatic rings. The number of amides is 1. The van der Waals surface area contributed by atoms with Crippen molar-refractivity contribution >= 4 is 34.6 Å². The van der Waals surface area contributed by atoms with E-state index in [2.05, 4.69) is 11.4 Å². The van der Waals surface area contributed by atoms with E-state index in [1.165, 1.54) is 4.57 Å². The molecule has 44 heavy (non-hydrogen) atoms. The maximum absolute atomic E-state index is 14.1. The van der Waals surface area contributed by atoms with Crippen molar-refractivity contribution in [3.05, 3.63) is 143 Å². The summed E-state index contributed by atoms with van der Waals surface area (Å²) in [6, 6.07) is 29.2. The van der Waals surface area contributed by atoms with Crippen LogP contribution < -0.4 is 24.8 Å². The molecule has 7 heteroatoms. The number of hydrogen-bond donors (Lipinski definition) is 1. The van der Waals surface area contributed by atoms with E-state index in [4.69, 9.17) is 4.74 Å². The molecule has 1 N–H and O–H groups in total. The van der Waals surface area contributed by atoms with E-state index in [1.807, 2.05) is 120 Å². The Balaban J connectivity index is 1.66. The molecule has 0 bridgehead atoms.